The van der Waals surface area contributed by atoms with Crippen LogP contribution in [0.1, 0.15) is 55.1 Å². The van der Waals surface area contributed by atoms with Gasteiger partial charge in [-0.05, 0) is 62.8 Å². The fraction of sp³-hybridized carbons (Fsp3) is 0.417. The Morgan fingerprint density at radius 2 is 2.16 bits per heavy atom. The lowest BCUT2D eigenvalue weighted by Crippen LogP contribution is -2.38. The van der Waals surface area contributed by atoms with Gasteiger partial charge >= 0.3 is 11.9 Å². The Morgan fingerprint density at radius 1 is 1.34 bits per heavy atom. The molecule has 2 N–H and O–H groups in total. The number of carbonyl (C=O) groups is 1. The zero-order chi connectivity index (χ0) is 22.7. The molecule has 0 radical (unpaired) electrons. The lowest BCUT2D eigenvalue weighted by Gasteiger charge is -2.35. The van der Waals surface area contributed by atoms with Crippen molar-refractivity contribution in [1.82, 2.24) is 10.0 Å². The number of hydrogen-bond acceptors (Lipinski definition) is 6. The Morgan fingerprint density at radius 3 is 2.78 bits per heavy atom. The van der Waals surface area contributed by atoms with Gasteiger partial charge in [-0.3, -0.25) is 0 Å². The molecule has 2 fully saturated rings. The maximum absolute atomic E-state index is 12.2. The van der Waals surface area contributed by atoms with Crippen molar-refractivity contribution in [2.75, 3.05) is 6.61 Å². The quantitative estimate of drug-likeness (QED) is 0.568. The number of benzene rings is 1. The van der Waals surface area contributed by atoms with E-state index < -0.39 is 11.5 Å². The molecular formula is C24H23N3O5. The number of nitrogens with zero attached hydrogens (tertiary/aromatic N) is 2. The topological polar surface area (TPSA) is 102 Å². The average molecular weight is 433 g/mol. The molecule has 3 heterocycles. The van der Waals surface area contributed by atoms with Gasteiger partial charge in [0.15, 0.2) is 11.8 Å². The molecule has 1 aliphatic carbocycles. The third-order valence-electron chi connectivity index (χ3n) is 6.70. The molecule has 0 bridgehead atoms. The van der Waals surface area contributed by atoms with E-state index in [-0.39, 0.29) is 23.1 Å². The van der Waals surface area contributed by atoms with Gasteiger partial charge in [0.05, 0.1) is 11.5 Å². The van der Waals surface area contributed by atoms with Crippen molar-refractivity contribution in [2.45, 2.75) is 50.2 Å². The summed E-state index contributed by atoms with van der Waals surface area (Å²) in [6.45, 7) is 4.88. The molecule has 1 saturated heterocycles. The summed E-state index contributed by atoms with van der Waals surface area (Å²) in [5, 5.41) is 10.8. The van der Waals surface area contributed by atoms with Gasteiger partial charge in [0.2, 0.25) is 0 Å². The molecule has 8 nitrogen and oxygen atoms in total. The highest BCUT2D eigenvalue weighted by Crippen LogP contribution is 2.54. The molecule has 1 aromatic heterocycles. The summed E-state index contributed by atoms with van der Waals surface area (Å²) in [6, 6.07) is 7.73. The first-order valence-electron chi connectivity index (χ1n) is 10.6. The van der Waals surface area contributed by atoms with E-state index in [1.54, 1.807) is 16.6 Å². The largest absolute Gasteiger partial charge is 0.477 e. The highest BCUT2D eigenvalue weighted by Gasteiger charge is 2.62. The highest BCUT2D eigenvalue weighted by molar-refractivity contribution is 6.01. The number of aromatic carboxylic acids is 1. The van der Waals surface area contributed by atoms with E-state index in [1.807, 2.05) is 6.07 Å². The first kappa shape index (κ1) is 20.4. The van der Waals surface area contributed by atoms with Crippen molar-refractivity contribution in [3.8, 4) is 12.3 Å². The molecular weight excluding hydrogens is 410 g/mol. The summed E-state index contributed by atoms with van der Waals surface area (Å²) in [6.07, 6.45) is 8.03. The molecule has 8 heteroatoms. The van der Waals surface area contributed by atoms with Crippen LogP contribution in [0.15, 0.2) is 35.1 Å². The van der Waals surface area contributed by atoms with Crippen LogP contribution in [0.3, 0.4) is 0 Å². The summed E-state index contributed by atoms with van der Waals surface area (Å²) in [4.78, 5) is 32.4. The fourth-order valence-corrected chi connectivity index (χ4v) is 5.13. The van der Waals surface area contributed by atoms with Gasteiger partial charge in [0.25, 0.3) is 0 Å². The van der Waals surface area contributed by atoms with Crippen LogP contribution in [0.25, 0.3) is 10.9 Å². The maximum atomic E-state index is 12.2. The number of carboxylic acid groups (broad SMARTS) is 1. The number of terminal acetylenes is 1. The Balaban J connectivity index is 1.65. The van der Waals surface area contributed by atoms with E-state index >= 15 is 0 Å². The minimum absolute atomic E-state index is 0.107. The summed E-state index contributed by atoms with van der Waals surface area (Å²) >= 11 is 0. The minimum Gasteiger partial charge on any atom is -0.477 e. The first-order chi connectivity index (χ1) is 15.3. The second-order valence-corrected chi connectivity index (χ2v) is 9.21. The SMILES string of the molecule is C#C[C@H]1C[C@]1(C1=NC(=C=O)ON1)n1c(C(=O)O)cc2cc([C@H]3CCOC(C)(C)C3)ccc21. The predicted molar refractivity (Wildman–Crippen MR) is 117 cm³/mol. The lowest BCUT2D eigenvalue weighted by atomic mass is 9.83. The number of hydrogen-bond donors (Lipinski definition) is 2. The minimum atomic E-state index is -1.07. The van der Waals surface area contributed by atoms with Gasteiger partial charge < -0.3 is 19.2 Å². The summed E-state index contributed by atoms with van der Waals surface area (Å²) in [5.74, 6) is 3.37. The van der Waals surface area contributed by atoms with Gasteiger partial charge in [0, 0.05) is 17.5 Å². The van der Waals surface area contributed by atoms with E-state index in [1.165, 1.54) is 0 Å². The van der Waals surface area contributed by atoms with Crippen LogP contribution in [-0.4, -0.2) is 39.6 Å². The Kier molecular flexibility index (Phi) is 4.45. The van der Waals surface area contributed by atoms with Crippen LogP contribution in [0, 0.1) is 18.3 Å². The summed E-state index contributed by atoms with van der Waals surface area (Å²) in [5.41, 5.74) is 3.53. The Bertz CT molecular complexity index is 1260. The van der Waals surface area contributed by atoms with Gasteiger partial charge in [-0.15, -0.1) is 12.3 Å². The van der Waals surface area contributed by atoms with E-state index in [9.17, 15) is 14.7 Å². The Labute approximate surface area is 184 Å². The van der Waals surface area contributed by atoms with Crippen molar-refractivity contribution in [1.29, 1.82) is 0 Å². The van der Waals surface area contributed by atoms with Crippen LogP contribution in [0.5, 0.6) is 0 Å². The van der Waals surface area contributed by atoms with Crippen molar-refractivity contribution >= 4 is 28.6 Å². The molecule has 32 heavy (non-hydrogen) atoms. The number of nitrogens with one attached hydrogen (secondary N) is 1. The smallest absolute Gasteiger partial charge is 0.352 e. The first-order valence-corrected chi connectivity index (χ1v) is 10.6. The van der Waals surface area contributed by atoms with Crippen molar-refractivity contribution in [2.24, 2.45) is 10.9 Å². The van der Waals surface area contributed by atoms with Crippen molar-refractivity contribution in [3.05, 3.63) is 41.4 Å². The lowest BCUT2D eigenvalue weighted by molar-refractivity contribution is -0.0592. The number of fused-ring (bicyclic) bond motifs is 1. The number of aromatic nitrogens is 1. The van der Waals surface area contributed by atoms with Crippen LogP contribution in [0.2, 0.25) is 0 Å². The van der Waals surface area contributed by atoms with Crippen LogP contribution in [-0.2, 0) is 19.9 Å². The molecule has 1 saturated carbocycles. The normalized spacial score (nSPS) is 28.3. The second-order valence-electron chi connectivity index (χ2n) is 9.21. The molecule has 3 aliphatic rings. The van der Waals surface area contributed by atoms with E-state index in [0.29, 0.717) is 24.8 Å². The standard InChI is InChI=1S/C24H23N3O5/c1-4-17-12-24(17,22-25-20(13-28)32-26-22)27-18-6-5-14(9-16(18)10-19(27)21(29)30)15-7-8-31-23(2,3)11-15/h1,5-6,9-10,15,17H,7-8,11-12H2,2-3H3,(H,25,26)(H,29,30)/t15-,17-,24-/m0/s1. The number of carboxylic acids is 1. The van der Waals surface area contributed by atoms with Gasteiger partial charge in [-0.2, -0.15) is 4.99 Å². The van der Waals surface area contributed by atoms with E-state index in [2.05, 4.69) is 42.4 Å². The number of carbonyl (C=O) groups excluding carboxylic acids is 1. The number of aliphatic imine (C=N–C) groups is 1. The molecule has 0 unspecified atom stereocenters. The maximum Gasteiger partial charge on any atom is 0.352 e. The van der Waals surface area contributed by atoms with Crippen LogP contribution >= 0.6 is 0 Å². The summed E-state index contributed by atoms with van der Waals surface area (Å²) < 4.78 is 7.57. The van der Waals surface area contributed by atoms with Crippen molar-refractivity contribution < 1.29 is 24.3 Å². The van der Waals surface area contributed by atoms with Gasteiger partial charge in [-0.1, -0.05) is 6.07 Å². The van der Waals surface area contributed by atoms with Gasteiger partial charge in [0.1, 0.15) is 11.2 Å². The molecule has 0 amide bonds. The predicted octanol–water partition coefficient (Wildman–Crippen LogP) is 2.97. The monoisotopic (exact) mass is 433 g/mol. The third-order valence-corrected chi connectivity index (χ3v) is 6.70. The number of ether oxygens (including phenoxy) is 1. The third kappa shape index (κ3) is 3.01. The molecule has 0 spiro atoms. The molecule has 5 rings (SSSR count). The van der Waals surface area contributed by atoms with Crippen LogP contribution in [0.4, 0.5) is 0 Å². The highest BCUT2D eigenvalue weighted by atomic mass is 16.7. The van der Waals surface area contributed by atoms with Crippen molar-refractivity contribution in [3.63, 3.8) is 0 Å². The average Bonchev–Trinajstić information content (AvgIpc) is 3.11. The molecule has 1 aromatic carbocycles. The number of hydroxylamine groups is 1. The zero-order valence-electron chi connectivity index (χ0n) is 17.8. The number of amidine groups is 1. The van der Waals surface area contributed by atoms with Gasteiger partial charge in [-0.25, -0.2) is 15.1 Å². The molecule has 164 valence electrons. The van der Waals surface area contributed by atoms with E-state index in [4.69, 9.17) is 16.0 Å². The molecule has 2 aliphatic heterocycles. The van der Waals surface area contributed by atoms with Crippen LogP contribution < -0.4 is 5.48 Å². The molecule has 3 atom stereocenters. The van der Waals surface area contributed by atoms with E-state index in [0.717, 1.165) is 29.3 Å². The molecule has 2 aromatic rings. The second kappa shape index (κ2) is 6.99. The Hall–Kier alpha value is -3.53. The fourth-order valence-electron chi connectivity index (χ4n) is 5.13. The zero-order valence-corrected chi connectivity index (χ0v) is 17.8. The number of rotatable bonds is 4. The summed E-state index contributed by atoms with van der Waals surface area (Å²) in [7, 11) is 0.